The molecule has 1 aromatic heterocycles. The Balaban J connectivity index is 1.06. The van der Waals surface area contributed by atoms with Gasteiger partial charge in [-0.3, -0.25) is 14.4 Å². The van der Waals surface area contributed by atoms with E-state index in [1.54, 1.807) is 12.1 Å². The molecule has 0 radical (unpaired) electrons. The number of fused-ring (bicyclic) bond motifs is 1. The number of carboxylic acid groups (broad SMARTS) is 1. The summed E-state index contributed by atoms with van der Waals surface area (Å²) < 4.78 is 43.6. The number of amides is 2. The first-order chi connectivity index (χ1) is 25.2. The van der Waals surface area contributed by atoms with Crippen LogP contribution in [-0.4, -0.2) is 68.5 Å². The fraction of sp³-hybridized carbons (Fsp3) is 0.306. The summed E-state index contributed by atoms with van der Waals surface area (Å²) in [5, 5.41) is 21.3. The van der Waals surface area contributed by atoms with E-state index < -0.39 is 60.4 Å². The zero-order valence-corrected chi connectivity index (χ0v) is 28.6. The van der Waals surface area contributed by atoms with Crippen LogP contribution in [-0.2, 0) is 32.8 Å². The van der Waals surface area contributed by atoms with E-state index in [9.17, 15) is 37.5 Å². The van der Waals surface area contributed by atoms with E-state index in [4.69, 9.17) is 16.3 Å². The Bertz CT molecular complexity index is 1990. The number of hydrogen-bond donors (Lipinski definition) is 5. The molecule has 2 aliphatic carbocycles. The molecule has 0 bridgehead atoms. The van der Waals surface area contributed by atoms with Gasteiger partial charge in [-0.05, 0) is 85.2 Å². The van der Waals surface area contributed by atoms with Gasteiger partial charge in [0.2, 0.25) is 17.7 Å². The first kappa shape index (κ1) is 37.0. The quantitative estimate of drug-likeness (QED) is 0.102. The van der Waals surface area contributed by atoms with Crippen molar-refractivity contribution in [2.45, 2.75) is 62.3 Å². The Kier molecular flexibility index (Phi) is 10.8. The molecule has 6 rings (SSSR count). The number of anilines is 3. The fourth-order valence-electron chi connectivity index (χ4n) is 5.92. The Morgan fingerprint density at radius 2 is 1.55 bits per heavy atom. The number of alkyl halides is 3. The smallest absolute Gasteiger partial charge is 0.422 e. The van der Waals surface area contributed by atoms with Crippen LogP contribution in [0.5, 0.6) is 6.01 Å². The Labute approximate surface area is 305 Å². The van der Waals surface area contributed by atoms with Gasteiger partial charge in [-0.2, -0.15) is 28.1 Å². The number of nitrogens with zero attached hydrogens (tertiary/aromatic N) is 3. The van der Waals surface area contributed by atoms with E-state index in [1.807, 2.05) is 36.4 Å². The molecule has 1 saturated carbocycles. The minimum absolute atomic E-state index is 0.0390. The third kappa shape index (κ3) is 9.77. The predicted molar refractivity (Wildman–Crippen MR) is 186 cm³/mol. The van der Waals surface area contributed by atoms with Crippen molar-refractivity contribution in [3.8, 4) is 6.01 Å². The molecule has 53 heavy (non-hydrogen) atoms. The number of benzene rings is 3. The third-order valence-corrected chi connectivity index (χ3v) is 9.04. The number of rotatable bonds is 15. The molecule has 0 aliphatic heterocycles. The number of hydrogen-bond acceptors (Lipinski definition) is 10. The molecule has 0 unspecified atom stereocenters. The van der Waals surface area contributed by atoms with Crippen LogP contribution in [0.2, 0.25) is 5.02 Å². The van der Waals surface area contributed by atoms with E-state index >= 15 is 0 Å². The van der Waals surface area contributed by atoms with E-state index in [-0.39, 0.29) is 29.9 Å². The molecule has 2 amide bonds. The summed E-state index contributed by atoms with van der Waals surface area (Å²) in [5.74, 6) is -3.93. The number of halogens is 4. The van der Waals surface area contributed by atoms with Crippen LogP contribution in [0.15, 0.2) is 72.8 Å². The second-order valence-corrected chi connectivity index (χ2v) is 13.2. The van der Waals surface area contributed by atoms with Crippen molar-refractivity contribution in [1.29, 1.82) is 0 Å². The predicted octanol–water partition coefficient (Wildman–Crippen LogP) is 5.13. The molecular formula is C36H33ClF3N7O6. The largest absolute Gasteiger partial charge is 0.480 e. The van der Waals surface area contributed by atoms with Gasteiger partial charge >= 0.3 is 18.2 Å². The highest BCUT2D eigenvalue weighted by Gasteiger charge is 2.45. The van der Waals surface area contributed by atoms with Crippen LogP contribution < -0.4 is 26.0 Å². The molecule has 2 aliphatic rings. The molecule has 4 aromatic rings. The maximum Gasteiger partial charge on any atom is 0.422 e. The van der Waals surface area contributed by atoms with Crippen LogP contribution in [0, 0.1) is 0 Å². The summed E-state index contributed by atoms with van der Waals surface area (Å²) in [7, 11) is 0. The van der Waals surface area contributed by atoms with E-state index in [1.165, 1.54) is 24.3 Å². The minimum Gasteiger partial charge on any atom is -0.480 e. The van der Waals surface area contributed by atoms with Gasteiger partial charge in [0.25, 0.3) is 11.8 Å². The number of ketones is 1. The summed E-state index contributed by atoms with van der Waals surface area (Å²) in [5.41, 5.74) is 2.91. The Hall–Kier alpha value is -5.77. The van der Waals surface area contributed by atoms with Crippen molar-refractivity contribution in [3.63, 3.8) is 0 Å². The molecule has 17 heteroatoms. The van der Waals surface area contributed by atoms with Crippen molar-refractivity contribution in [1.82, 2.24) is 25.6 Å². The second kappa shape index (κ2) is 15.5. The van der Waals surface area contributed by atoms with Crippen molar-refractivity contribution in [2.24, 2.45) is 0 Å². The van der Waals surface area contributed by atoms with Crippen LogP contribution in [0.3, 0.4) is 0 Å². The van der Waals surface area contributed by atoms with Gasteiger partial charge in [0.15, 0.2) is 6.61 Å². The van der Waals surface area contributed by atoms with Gasteiger partial charge < -0.3 is 31.1 Å². The zero-order valence-electron chi connectivity index (χ0n) is 27.9. The highest BCUT2D eigenvalue weighted by atomic mass is 35.5. The molecule has 276 valence electrons. The zero-order chi connectivity index (χ0) is 37.8. The van der Waals surface area contributed by atoms with E-state index in [0.717, 1.165) is 16.7 Å². The van der Waals surface area contributed by atoms with Crippen molar-refractivity contribution in [2.75, 3.05) is 17.2 Å². The SMILES string of the molecule is O=C(CC[C@H](NC(=O)c1ccc(Nc2nc(NC3(c4ccc(Cl)cc4)CC3)nc(OCC(F)(F)F)n2)cc1)C(=O)O)C(=O)NC1Cc2ccccc2C1. The number of carbonyl (C=O) groups excluding carboxylic acids is 3. The lowest BCUT2D eigenvalue weighted by atomic mass is 10.1. The van der Waals surface area contributed by atoms with Crippen LogP contribution in [0.4, 0.5) is 30.8 Å². The van der Waals surface area contributed by atoms with Gasteiger partial charge in [-0.15, -0.1) is 0 Å². The second-order valence-electron chi connectivity index (χ2n) is 12.8. The lowest BCUT2D eigenvalue weighted by Gasteiger charge is -2.19. The lowest BCUT2D eigenvalue weighted by molar-refractivity contribution is -0.154. The first-order valence-corrected chi connectivity index (χ1v) is 16.9. The molecule has 0 saturated heterocycles. The first-order valence-electron chi connectivity index (χ1n) is 16.6. The summed E-state index contributed by atoms with van der Waals surface area (Å²) in [4.78, 5) is 62.2. The number of nitrogens with one attached hydrogen (secondary N) is 4. The topological polar surface area (TPSA) is 185 Å². The number of carboxylic acids is 1. The Morgan fingerprint density at radius 1 is 0.906 bits per heavy atom. The Morgan fingerprint density at radius 3 is 2.15 bits per heavy atom. The van der Waals surface area contributed by atoms with Crippen LogP contribution in [0.1, 0.15) is 52.7 Å². The van der Waals surface area contributed by atoms with Gasteiger partial charge in [0.1, 0.15) is 6.04 Å². The number of carbonyl (C=O) groups is 4. The normalized spacial score (nSPS) is 15.1. The van der Waals surface area contributed by atoms with Crippen LogP contribution in [0.25, 0.3) is 0 Å². The average molecular weight is 752 g/mol. The molecule has 0 spiro atoms. The number of ether oxygens (including phenoxy) is 1. The van der Waals surface area contributed by atoms with Crippen molar-refractivity contribution in [3.05, 3.63) is 100 Å². The molecule has 1 fully saturated rings. The van der Waals surface area contributed by atoms with Crippen molar-refractivity contribution < 1.29 is 42.2 Å². The number of aromatic nitrogens is 3. The summed E-state index contributed by atoms with van der Waals surface area (Å²) >= 11 is 6.02. The number of Topliss-reactive ketones (excluding diaryl/α,β-unsaturated/α-hetero) is 1. The highest BCUT2D eigenvalue weighted by Crippen LogP contribution is 2.48. The average Bonchev–Trinajstić information content (AvgIpc) is 3.78. The van der Waals surface area contributed by atoms with Crippen LogP contribution >= 0.6 is 11.6 Å². The monoisotopic (exact) mass is 751 g/mol. The molecular weight excluding hydrogens is 719 g/mol. The highest BCUT2D eigenvalue weighted by molar-refractivity contribution is 6.36. The van der Waals surface area contributed by atoms with E-state index in [0.29, 0.717) is 36.4 Å². The maximum absolute atomic E-state index is 12.9. The molecule has 3 aromatic carbocycles. The molecule has 5 N–H and O–H groups in total. The van der Waals surface area contributed by atoms with Gasteiger partial charge in [-0.1, -0.05) is 48.0 Å². The molecule has 13 nitrogen and oxygen atoms in total. The minimum atomic E-state index is -4.64. The summed E-state index contributed by atoms with van der Waals surface area (Å²) in [6.07, 6.45) is -2.76. The fourth-order valence-corrected chi connectivity index (χ4v) is 6.05. The van der Waals surface area contributed by atoms with Crippen molar-refractivity contribution >= 4 is 52.8 Å². The maximum atomic E-state index is 12.9. The summed E-state index contributed by atoms with van der Waals surface area (Å²) in [6, 6.07) is 18.2. The van der Waals surface area contributed by atoms with E-state index in [2.05, 4.69) is 36.2 Å². The van der Waals surface area contributed by atoms with Gasteiger partial charge in [0, 0.05) is 28.7 Å². The third-order valence-electron chi connectivity index (χ3n) is 8.78. The lowest BCUT2D eigenvalue weighted by Crippen LogP contribution is -2.43. The number of aliphatic carboxylic acids is 1. The molecule has 1 atom stereocenters. The standard InChI is InChI=1S/C36H33ClF3N7O6/c37-24-9-7-23(8-10-24)35(15-16-35)47-33-44-32(45-34(46-33)53-19-36(38,39)40)42-25-11-5-20(6-12-25)29(49)43-27(31(51)52)13-14-28(48)30(50)41-26-17-21-3-1-2-4-22(21)18-26/h1-12,26-27H,13-19H2,(H,41,50)(H,43,49)(H,51,52)(H2,42,44,45,46,47)/t27-/m0/s1. The molecule has 1 heterocycles. The van der Waals surface area contributed by atoms with Gasteiger partial charge in [0.05, 0.1) is 5.54 Å². The summed E-state index contributed by atoms with van der Waals surface area (Å²) in [6.45, 7) is -1.63. The van der Waals surface area contributed by atoms with Gasteiger partial charge in [-0.25, -0.2) is 4.79 Å².